The van der Waals surface area contributed by atoms with Gasteiger partial charge in [0.25, 0.3) is 0 Å². The molecule has 24 heavy (non-hydrogen) atoms. The van der Waals surface area contributed by atoms with Crippen molar-refractivity contribution in [3.8, 4) is 0 Å². The number of benzene rings is 1. The predicted octanol–water partition coefficient (Wildman–Crippen LogP) is 4.60. The van der Waals surface area contributed by atoms with E-state index in [-0.39, 0.29) is 5.97 Å². The number of nitrogens with zero attached hydrogens (tertiary/aromatic N) is 1. The molecule has 1 saturated carbocycles. The van der Waals surface area contributed by atoms with E-state index in [1.807, 2.05) is 25.1 Å². The highest BCUT2D eigenvalue weighted by Gasteiger charge is 2.27. The standard InChI is InChI=1S/C19H26BrNO3/c1-3-21(18-10-7-16(20)12-15(18)13-22)17-8-5-14(6-9-17)11-19(23)24-4-2/h7,10,12-14,17H,3-6,8-9,11H2,1-2H3. The first-order valence-electron chi connectivity index (χ1n) is 8.76. The Morgan fingerprint density at radius 1 is 1.29 bits per heavy atom. The van der Waals surface area contributed by atoms with E-state index in [9.17, 15) is 9.59 Å². The lowest BCUT2D eigenvalue weighted by molar-refractivity contribution is -0.144. The molecule has 4 nitrogen and oxygen atoms in total. The molecular weight excluding hydrogens is 370 g/mol. The van der Waals surface area contributed by atoms with Crippen LogP contribution >= 0.6 is 15.9 Å². The number of carbonyl (C=O) groups is 2. The summed E-state index contributed by atoms with van der Waals surface area (Å²) in [6.45, 7) is 5.30. The molecule has 0 atom stereocenters. The zero-order chi connectivity index (χ0) is 17.5. The third-order valence-corrected chi connectivity index (χ3v) is 5.28. The maximum Gasteiger partial charge on any atom is 0.306 e. The molecule has 0 bridgehead atoms. The summed E-state index contributed by atoms with van der Waals surface area (Å²) in [6.07, 6.45) is 5.62. The van der Waals surface area contributed by atoms with Gasteiger partial charge in [0.15, 0.2) is 6.29 Å². The van der Waals surface area contributed by atoms with Crippen LogP contribution in [0.5, 0.6) is 0 Å². The summed E-state index contributed by atoms with van der Waals surface area (Å²) >= 11 is 3.43. The van der Waals surface area contributed by atoms with Crippen LogP contribution in [-0.4, -0.2) is 31.4 Å². The molecule has 1 aromatic carbocycles. The lowest BCUT2D eigenvalue weighted by Gasteiger charge is -2.38. The molecule has 5 heteroatoms. The van der Waals surface area contributed by atoms with Crippen LogP contribution in [0, 0.1) is 5.92 Å². The Morgan fingerprint density at radius 3 is 2.58 bits per heavy atom. The minimum atomic E-state index is -0.0792. The van der Waals surface area contributed by atoms with Gasteiger partial charge < -0.3 is 9.64 Å². The van der Waals surface area contributed by atoms with Crippen molar-refractivity contribution in [2.24, 2.45) is 5.92 Å². The fourth-order valence-corrected chi connectivity index (χ4v) is 4.00. The molecule has 0 radical (unpaired) electrons. The lowest BCUT2D eigenvalue weighted by atomic mass is 9.83. The van der Waals surface area contributed by atoms with Crippen molar-refractivity contribution in [1.29, 1.82) is 0 Å². The zero-order valence-electron chi connectivity index (χ0n) is 14.5. The number of anilines is 1. The molecule has 1 aliphatic carbocycles. The van der Waals surface area contributed by atoms with Gasteiger partial charge in [-0.1, -0.05) is 15.9 Å². The fourth-order valence-electron chi connectivity index (χ4n) is 3.62. The maximum absolute atomic E-state index is 11.6. The summed E-state index contributed by atoms with van der Waals surface area (Å²) in [7, 11) is 0. The number of rotatable bonds is 7. The summed E-state index contributed by atoms with van der Waals surface area (Å²) in [5.41, 5.74) is 1.73. The first-order chi connectivity index (χ1) is 11.6. The van der Waals surface area contributed by atoms with Crippen LogP contribution in [0.2, 0.25) is 0 Å². The second kappa shape index (κ2) is 9.21. The molecule has 0 aliphatic heterocycles. The van der Waals surface area contributed by atoms with Crippen molar-refractivity contribution in [2.75, 3.05) is 18.1 Å². The molecule has 132 valence electrons. The van der Waals surface area contributed by atoms with E-state index < -0.39 is 0 Å². The van der Waals surface area contributed by atoms with Gasteiger partial charge in [0.1, 0.15) is 0 Å². The van der Waals surface area contributed by atoms with Crippen LogP contribution in [0.1, 0.15) is 56.3 Å². The Kier molecular flexibility index (Phi) is 7.28. The van der Waals surface area contributed by atoms with Gasteiger partial charge in [0.2, 0.25) is 0 Å². The van der Waals surface area contributed by atoms with Crippen LogP contribution in [0.3, 0.4) is 0 Å². The van der Waals surface area contributed by atoms with Crippen molar-refractivity contribution in [3.63, 3.8) is 0 Å². The van der Waals surface area contributed by atoms with Crippen LogP contribution in [0.4, 0.5) is 5.69 Å². The van der Waals surface area contributed by atoms with Crippen molar-refractivity contribution >= 4 is 33.9 Å². The molecule has 1 aromatic rings. The van der Waals surface area contributed by atoms with Crippen molar-refractivity contribution in [3.05, 3.63) is 28.2 Å². The maximum atomic E-state index is 11.6. The minimum absolute atomic E-state index is 0.0792. The predicted molar refractivity (Wildman–Crippen MR) is 99.5 cm³/mol. The molecule has 0 heterocycles. The van der Waals surface area contributed by atoms with E-state index in [0.29, 0.717) is 25.0 Å². The smallest absolute Gasteiger partial charge is 0.306 e. The van der Waals surface area contributed by atoms with Gasteiger partial charge in [-0.05, 0) is 63.6 Å². The second-order valence-electron chi connectivity index (χ2n) is 6.29. The number of carbonyl (C=O) groups excluding carboxylic acids is 2. The average molecular weight is 396 g/mol. The first kappa shape index (κ1) is 19.0. The van der Waals surface area contributed by atoms with Gasteiger partial charge in [-0.3, -0.25) is 9.59 Å². The van der Waals surface area contributed by atoms with Crippen molar-refractivity contribution < 1.29 is 14.3 Å². The van der Waals surface area contributed by atoms with E-state index >= 15 is 0 Å². The van der Waals surface area contributed by atoms with Gasteiger partial charge in [-0.2, -0.15) is 0 Å². The number of hydrogen-bond acceptors (Lipinski definition) is 4. The third-order valence-electron chi connectivity index (χ3n) is 4.78. The summed E-state index contributed by atoms with van der Waals surface area (Å²) in [5, 5.41) is 0. The Bertz CT molecular complexity index is 568. The van der Waals surface area contributed by atoms with Crippen molar-refractivity contribution in [2.45, 2.75) is 52.0 Å². The first-order valence-corrected chi connectivity index (χ1v) is 9.55. The van der Waals surface area contributed by atoms with Crippen molar-refractivity contribution in [1.82, 2.24) is 0 Å². The second-order valence-corrected chi connectivity index (χ2v) is 7.21. The molecular formula is C19H26BrNO3. The summed E-state index contributed by atoms with van der Waals surface area (Å²) in [6, 6.07) is 6.30. The van der Waals surface area contributed by atoms with Crippen LogP contribution in [0.25, 0.3) is 0 Å². The lowest BCUT2D eigenvalue weighted by Crippen LogP contribution is -2.39. The monoisotopic (exact) mass is 395 g/mol. The van der Waals surface area contributed by atoms with Gasteiger partial charge in [-0.15, -0.1) is 0 Å². The normalized spacial score (nSPS) is 20.5. The Labute approximate surface area is 152 Å². The van der Waals surface area contributed by atoms with E-state index in [1.165, 1.54) is 0 Å². The molecule has 0 spiro atoms. The van der Waals surface area contributed by atoms with Crippen LogP contribution in [-0.2, 0) is 9.53 Å². The molecule has 0 aromatic heterocycles. The molecule has 0 amide bonds. The molecule has 0 saturated heterocycles. The van der Waals surface area contributed by atoms with Crippen LogP contribution in [0.15, 0.2) is 22.7 Å². The molecule has 1 aliphatic rings. The molecule has 1 fully saturated rings. The van der Waals surface area contributed by atoms with Gasteiger partial charge in [0, 0.05) is 34.7 Å². The number of ether oxygens (including phenoxy) is 1. The Hall–Kier alpha value is -1.36. The Morgan fingerprint density at radius 2 is 2.00 bits per heavy atom. The van der Waals surface area contributed by atoms with Gasteiger partial charge >= 0.3 is 5.97 Å². The largest absolute Gasteiger partial charge is 0.466 e. The minimum Gasteiger partial charge on any atom is -0.466 e. The fraction of sp³-hybridized carbons (Fsp3) is 0.579. The Balaban J connectivity index is 2.01. The summed E-state index contributed by atoms with van der Waals surface area (Å²) in [5.74, 6) is 0.346. The zero-order valence-corrected chi connectivity index (χ0v) is 16.0. The van der Waals surface area contributed by atoms with E-state index in [0.717, 1.165) is 54.2 Å². The molecule has 0 unspecified atom stereocenters. The van der Waals surface area contributed by atoms with E-state index in [1.54, 1.807) is 0 Å². The van der Waals surface area contributed by atoms with Gasteiger partial charge in [-0.25, -0.2) is 0 Å². The highest BCUT2D eigenvalue weighted by Crippen LogP contribution is 2.34. The SMILES string of the molecule is CCOC(=O)CC1CCC(N(CC)c2ccc(Br)cc2C=O)CC1. The summed E-state index contributed by atoms with van der Waals surface area (Å²) < 4.78 is 5.98. The number of esters is 1. The summed E-state index contributed by atoms with van der Waals surface area (Å²) in [4.78, 5) is 25.4. The highest BCUT2D eigenvalue weighted by atomic mass is 79.9. The average Bonchev–Trinajstić information content (AvgIpc) is 2.58. The third kappa shape index (κ3) is 4.82. The number of hydrogen-bond donors (Lipinski definition) is 0. The van der Waals surface area contributed by atoms with Gasteiger partial charge in [0.05, 0.1) is 6.61 Å². The quantitative estimate of drug-likeness (QED) is 0.499. The molecule has 0 N–H and O–H groups in total. The van der Waals surface area contributed by atoms with E-state index in [4.69, 9.17) is 4.74 Å². The number of aldehydes is 1. The van der Waals surface area contributed by atoms with Crippen LogP contribution < -0.4 is 4.90 Å². The number of halogens is 1. The highest BCUT2D eigenvalue weighted by molar-refractivity contribution is 9.10. The molecule has 2 rings (SSSR count). The van der Waals surface area contributed by atoms with E-state index in [2.05, 4.69) is 27.8 Å². The topological polar surface area (TPSA) is 46.6 Å².